The van der Waals surface area contributed by atoms with Crippen LogP contribution >= 0.6 is 11.6 Å². The van der Waals surface area contributed by atoms with Crippen LogP contribution in [0.25, 0.3) is 0 Å². The summed E-state index contributed by atoms with van der Waals surface area (Å²) in [5, 5.41) is 0.381. The van der Waals surface area contributed by atoms with Crippen molar-refractivity contribution in [1.29, 1.82) is 0 Å². The van der Waals surface area contributed by atoms with E-state index < -0.39 is 10.0 Å². The normalized spacial score (nSPS) is 23.1. The number of hydrogen-bond donors (Lipinski definition) is 2. The van der Waals surface area contributed by atoms with Crippen molar-refractivity contribution in [3.05, 3.63) is 22.7 Å². The predicted molar refractivity (Wildman–Crippen MR) is 82.3 cm³/mol. The topological polar surface area (TPSA) is 72.2 Å². The van der Waals surface area contributed by atoms with E-state index in [1.165, 1.54) is 12.5 Å². The lowest BCUT2D eigenvalue weighted by molar-refractivity contribution is 0.498. The molecule has 112 valence electrons. The van der Waals surface area contributed by atoms with E-state index in [0.29, 0.717) is 29.0 Å². The number of nitrogens with two attached hydrogens (primary N) is 1. The molecule has 0 saturated heterocycles. The van der Waals surface area contributed by atoms with Crippen molar-refractivity contribution in [3.8, 4) is 0 Å². The maximum absolute atomic E-state index is 12.3. The van der Waals surface area contributed by atoms with E-state index in [-0.39, 0.29) is 10.6 Å². The molecule has 0 spiro atoms. The molecule has 1 aliphatic carbocycles. The second kappa shape index (κ2) is 5.92. The molecule has 1 aromatic rings. The first-order valence-corrected chi connectivity index (χ1v) is 8.71. The average molecular weight is 317 g/mol. The van der Waals surface area contributed by atoms with Gasteiger partial charge in [0.2, 0.25) is 10.0 Å². The predicted octanol–water partition coefficient (Wildman–Crippen LogP) is 2.95. The molecule has 2 rings (SSSR count). The third-order valence-corrected chi connectivity index (χ3v) is 5.84. The standard InChI is InChI=1S/C14H21ClN2O2S/c1-9-3-4-11(5-9)8-17-20(18,19)14-7-13(16)12(15)6-10(14)2/h6-7,9,11,17H,3-5,8,16H2,1-2H3. The van der Waals surface area contributed by atoms with E-state index >= 15 is 0 Å². The smallest absolute Gasteiger partial charge is 0.240 e. The Hall–Kier alpha value is -0.780. The average Bonchev–Trinajstić information content (AvgIpc) is 2.77. The number of nitrogens with one attached hydrogen (secondary N) is 1. The Morgan fingerprint density at radius 3 is 2.70 bits per heavy atom. The van der Waals surface area contributed by atoms with E-state index in [0.717, 1.165) is 12.8 Å². The van der Waals surface area contributed by atoms with E-state index in [4.69, 9.17) is 17.3 Å². The van der Waals surface area contributed by atoms with Gasteiger partial charge in [-0.2, -0.15) is 0 Å². The van der Waals surface area contributed by atoms with Crippen molar-refractivity contribution in [2.75, 3.05) is 12.3 Å². The first-order valence-electron chi connectivity index (χ1n) is 6.85. The Balaban J connectivity index is 2.12. The van der Waals surface area contributed by atoms with Crippen LogP contribution in [0.2, 0.25) is 5.02 Å². The Morgan fingerprint density at radius 1 is 1.40 bits per heavy atom. The zero-order valence-electron chi connectivity index (χ0n) is 11.8. The van der Waals surface area contributed by atoms with Crippen LogP contribution in [0, 0.1) is 18.8 Å². The van der Waals surface area contributed by atoms with Gasteiger partial charge >= 0.3 is 0 Å². The number of nitrogen functional groups attached to an aromatic ring is 1. The molecule has 1 aliphatic rings. The quantitative estimate of drug-likeness (QED) is 0.839. The molecule has 1 aromatic carbocycles. The molecule has 0 heterocycles. The van der Waals surface area contributed by atoms with Crippen molar-refractivity contribution in [1.82, 2.24) is 4.72 Å². The maximum atomic E-state index is 12.3. The van der Waals surface area contributed by atoms with Gasteiger partial charge < -0.3 is 5.73 Å². The largest absolute Gasteiger partial charge is 0.397 e. The SMILES string of the molecule is Cc1cc(Cl)c(N)cc1S(=O)(=O)NCC1CCC(C)C1. The lowest BCUT2D eigenvalue weighted by atomic mass is 10.1. The van der Waals surface area contributed by atoms with Gasteiger partial charge in [-0.3, -0.25) is 0 Å². The molecule has 1 saturated carbocycles. The van der Waals surface area contributed by atoms with Gasteiger partial charge in [0.05, 0.1) is 15.6 Å². The number of benzene rings is 1. The first kappa shape index (κ1) is 15.6. The minimum Gasteiger partial charge on any atom is -0.397 e. The van der Waals surface area contributed by atoms with Gasteiger partial charge in [0.1, 0.15) is 0 Å². The fraction of sp³-hybridized carbons (Fsp3) is 0.571. The highest BCUT2D eigenvalue weighted by molar-refractivity contribution is 7.89. The molecular weight excluding hydrogens is 296 g/mol. The van der Waals surface area contributed by atoms with Crippen LogP contribution in [0.1, 0.15) is 31.7 Å². The van der Waals surface area contributed by atoms with Gasteiger partial charge in [-0.15, -0.1) is 0 Å². The summed E-state index contributed by atoms with van der Waals surface area (Å²) in [6.07, 6.45) is 3.36. The van der Waals surface area contributed by atoms with Gasteiger partial charge in [-0.25, -0.2) is 13.1 Å². The van der Waals surface area contributed by atoms with Crippen LogP contribution < -0.4 is 10.5 Å². The number of halogens is 1. The minimum atomic E-state index is -3.52. The molecule has 20 heavy (non-hydrogen) atoms. The highest BCUT2D eigenvalue weighted by Crippen LogP contribution is 2.30. The zero-order chi connectivity index (χ0) is 14.9. The van der Waals surface area contributed by atoms with Crippen molar-refractivity contribution in [2.45, 2.75) is 38.0 Å². The Labute approximate surface area is 125 Å². The third kappa shape index (κ3) is 3.45. The summed E-state index contributed by atoms with van der Waals surface area (Å²) in [7, 11) is -3.52. The molecular formula is C14H21ClN2O2S. The fourth-order valence-electron chi connectivity index (χ4n) is 2.77. The maximum Gasteiger partial charge on any atom is 0.240 e. The lowest BCUT2D eigenvalue weighted by Gasteiger charge is -2.14. The van der Waals surface area contributed by atoms with E-state index in [1.807, 2.05) is 0 Å². The van der Waals surface area contributed by atoms with Crippen molar-refractivity contribution >= 4 is 27.3 Å². The Bertz CT molecular complexity index is 601. The number of aryl methyl sites for hydroxylation is 1. The number of hydrogen-bond acceptors (Lipinski definition) is 3. The van der Waals surface area contributed by atoms with Gasteiger partial charge in [0.15, 0.2) is 0 Å². The molecule has 0 amide bonds. The van der Waals surface area contributed by atoms with Gasteiger partial charge in [-0.05, 0) is 49.3 Å². The molecule has 0 aliphatic heterocycles. The highest BCUT2D eigenvalue weighted by Gasteiger charge is 2.24. The summed E-state index contributed by atoms with van der Waals surface area (Å²) in [5.74, 6) is 1.13. The van der Waals surface area contributed by atoms with Crippen molar-refractivity contribution in [3.63, 3.8) is 0 Å². The van der Waals surface area contributed by atoms with Gasteiger partial charge in [0.25, 0.3) is 0 Å². The lowest BCUT2D eigenvalue weighted by Crippen LogP contribution is -2.29. The third-order valence-electron chi connectivity index (χ3n) is 3.95. The summed E-state index contributed by atoms with van der Waals surface area (Å²) in [6.45, 7) is 4.42. The fourth-order valence-corrected chi connectivity index (χ4v) is 4.37. The first-order chi connectivity index (χ1) is 9.29. The molecule has 4 nitrogen and oxygen atoms in total. The zero-order valence-corrected chi connectivity index (χ0v) is 13.4. The number of anilines is 1. The Kier molecular flexibility index (Phi) is 4.62. The summed E-state index contributed by atoms with van der Waals surface area (Å²) in [4.78, 5) is 0.213. The summed E-state index contributed by atoms with van der Waals surface area (Å²) in [5.41, 5.74) is 6.59. The molecule has 0 aromatic heterocycles. The molecule has 2 atom stereocenters. The van der Waals surface area contributed by atoms with Crippen LogP contribution in [0.5, 0.6) is 0 Å². The van der Waals surface area contributed by atoms with Gasteiger partial charge in [-0.1, -0.05) is 24.9 Å². The molecule has 0 radical (unpaired) electrons. The van der Waals surface area contributed by atoms with E-state index in [9.17, 15) is 8.42 Å². The van der Waals surface area contributed by atoms with Crippen LogP contribution in [-0.2, 0) is 10.0 Å². The Morgan fingerprint density at radius 2 is 2.10 bits per heavy atom. The molecule has 1 fully saturated rings. The monoisotopic (exact) mass is 316 g/mol. The van der Waals surface area contributed by atoms with E-state index in [2.05, 4.69) is 11.6 Å². The minimum absolute atomic E-state index is 0.213. The van der Waals surface area contributed by atoms with E-state index in [1.54, 1.807) is 13.0 Å². The van der Waals surface area contributed by atoms with Crippen LogP contribution in [0.3, 0.4) is 0 Å². The number of sulfonamides is 1. The summed E-state index contributed by atoms with van der Waals surface area (Å²) in [6, 6.07) is 3.01. The second-order valence-corrected chi connectivity index (χ2v) is 7.92. The molecule has 0 bridgehead atoms. The van der Waals surface area contributed by atoms with Gasteiger partial charge in [0, 0.05) is 6.54 Å². The summed E-state index contributed by atoms with van der Waals surface area (Å²) >= 11 is 5.89. The van der Waals surface area contributed by atoms with Crippen LogP contribution in [0.15, 0.2) is 17.0 Å². The van der Waals surface area contributed by atoms with Crippen molar-refractivity contribution in [2.24, 2.45) is 11.8 Å². The van der Waals surface area contributed by atoms with Crippen molar-refractivity contribution < 1.29 is 8.42 Å². The molecule has 6 heteroatoms. The highest BCUT2D eigenvalue weighted by atomic mass is 35.5. The second-order valence-electron chi connectivity index (χ2n) is 5.78. The van der Waals surface area contributed by atoms with Crippen LogP contribution in [-0.4, -0.2) is 15.0 Å². The molecule has 3 N–H and O–H groups in total. The molecule has 2 unspecified atom stereocenters. The number of rotatable bonds is 4. The summed E-state index contributed by atoms with van der Waals surface area (Å²) < 4.78 is 27.4. The van der Waals surface area contributed by atoms with Crippen LogP contribution in [0.4, 0.5) is 5.69 Å².